The van der Waals surface area contributed by atoms with Crippen LogP contribution in [0, 0.1) is 11.2 Å². The highest BCUT2D eigenvalue weighted by molar-refractivity contribution is 6.30. The minimum atomic E-state index is -0.579. The third kappa shape index (κ3) is 3.42. The lowest BCUT2D eigenvalue weighted by molar-refractivity contribution is -0.145. The van der Waals surface area contributed by atoms with Gasteiger partial charge in [-0.05, 0) is 49.1 Å². The fraction of sp³-hybridized carbons (Fsp3) is 0.364. The van der Waals surface area contributed by atoms with E-state index in [1.165, 1.54) is 12.1 Å². The Kier molecular flexibility index (Phi) is 4.67. The average Bonchev–Trinajstić information content (AvgIpc) is 3.15. The summed E-state index contributed by atoms with van der Waals surface area (Å²) >= 11 is 11.6. The largest absolute Gasteiger partial charge is 0.484 e. The predicted octanol–water partition coefficient (Wildman–Crippen LogP) is 4.72. The van der Waals surface area contributed by atoms with Crippen LogP contribution < -0.4 is 10.1 Å². The first-order valence-electron chi connectivity index (χ1n) is 9.72. The number of rotatable bonds is 6. The third-order valence-electron chi connectivity index (χ3n) is 6.06. The number of halogens is 3. The van der Waals surface area contributed by atoms with Crippen LogP contribution in [-0.4, -0.2) is 30.6 Å². The first-order chi connectivity index (χ1) is 14.4. The zero-order chi connectivity index (χ0) is 20.9. The first kappa shape index (κ1) is 19.6. The summed E-state index contributed by atoms with van der Waals surface area (Å²) in [6.45, 7) is 0.357. The second kappa shape index (κ2) is 7.13. The minimum absolute atomic E-state index is 0.00926. The van der Waals surface area contributed by atoms with Crippen molar-refractivity contribution in [2.45, 2.75) is 30.8 Å². The van der Waals surface area contributed by atoms with Crippen molar-refractivity contribution in [1.29, 1.82) is 0 Å². The molecule has 30 heavy (non-hydrogen) atoms. The lowest BCUT2D eigenvalue weighted by Crippen LogP contribution is -2.77. The van der Waals surface area contributed by atoms with E-state index in [2.05, 4.69) is 5.32 Å². The summed E-state index contributed by atoms with van der Waals surface area (Å²) in [6.07, 6.45) is 2.44. The fourth-order valence-corrected chi connectivity index (χ4v) is 4.96. The number of carbonyl (C=O) groups is 1. The monoisotopic (exact) mass is 448 g/mol. The molecule has 1 unspecified atom stereocenters. The molecule has 0 saturated heterocycles. The number of amides is 1. The molecule has 1 atom stereocenters. The van der Waals surface area contributed by atoms with Crippen molar-refractivity contribution in [1.82, 2.24) is 5.32 Å². The number of hydrogen-bond acceptors (Lipinski definition) is 4. The van der Waals surface area contributed by atoms with Crippen molar-refractivity contribution in [3.8, 4) is 5.75 Å². The zero-order valence-corrected chi connectivity index (χ0v) is 17.5. The van der Waals surface area contributed by atoms with Gasteiger partial charge in [0.1, 0.15) is 24.2 Å². The molecule has 0 aromatic heterocycles. The molecule has 1 heterocycles. The molecule has 156 valence electrons. The van der Waals surface area contributed by atoms with Gasteiger partial charge in [-0.2, -0.15) is 0 Å². The second-order valence-electron chi connectivity index (χ2n) is 8.32. The van der Waals surface area contributed by atoms with Crippen LogP contribution in [0.2, 0.25) is 10.0 Å². The van der Waals surface area contributed by atoms with E-state index in [4.69, 9.17) is 37.7 Å². The topological polar surface area (TPSA) is 59.9 Å². The molecule has 3 fully saturated rings. The molecular formula is C22H19Cl2FN2O3. The van der Waals surface area contributed by atoms with Gasteiger partial charge in [-0.15, -0.1) is 0 Å². The summed E-state index contributed by atoms with van der Waals surface area (Å²) in [7, 11) is 0. The highest BCUT2D eigenvalue weighted by Gasteiger charge is 2.72. The van der Waals surface area contributed by atoms with Crippen molar-refractivity contribution >= 4 is 35.0 Å². The number of nitrogens with zero attached hydrogens (tertiary/aromatic N) is 1. The molecular weight excluding hydrogens is 430 g/mol. The van der Waals surface area contributed by atoms with E-state index in [0.29, 0.717) is 11.6 Å². The van der Waals surface area contributed by atoms with Crippen LogP contribution >= 0.6 is 23.2 Å². The van der Waals surface area contributed by atoms with Gasteiger partial charge in [0.25, 0.3) is 5.91 Å². The molecule has 3 aliphatic carbocycles. The Morgan fingerprint density at radius 1 is 1.20 bits per heavy atom. The molecule has 1 aliphatic heterocycles. The van der Waals surface area contributed by atoms with Gasteiger partial charge in [0.2, 0.25) is 0 Å². The van der Waals surface area contributed by atoms with Crippen LogP contribution in [0.5, 0.6) is 5.75 Å². The van der Waals surface area contributed by atoms with Gasteiger partial charge >= 0.3 is 0 Å². The van der Waals surface area contributed by atoms with Crippen LogP contribution in [0.1, 0.15) is 30.9 Å². The molecule has 2 aromatic carbocycles. The van der Waals surface area contributed by atoms with E-state index in [9.17, 15) is 9.18 Å². The number of nitrogens with one attached hydrogen (secondary N) is 1. The van der Waals surface area contributed by atoms with Gasteiger partial charge < -0.3 is 14.8 Å². The molecule has 0 radical (unpaired) electrons. The van der Waals surface area contributed by atoms with E-state index in [1.807, 2.05) is 24.3 Å². The van der Waals surface area contributed by atoms with Crippen molar-refractivity contribution in [2.75, 3.05) is 13.2 Å². The smallest absolute Gasteiger partial charge is 0.258 e. The summed E-state index contributed by atoms with van der Waals surface area (Å²) in [6, 6.07) is 11.7. The quantitative estimate of drug-likeness (QED) is 0.695. The number of aliphatic imine (C=N–C) groups is 1. The van der Waals surface area contributed by atoms with E-state index < -0.39 is 5.82 Å². The third-order valence-corrected chi connectivity index (χ3v) is 6.61. The van der Waals surface area contributed by atoms with Crippen LogP contribution in [0.25, 0.3) is 0 Å². The molecule has 6 rings (SSSR count). The Hall–Kier alpha value is -2.31. The summed E-state index contributed by atoms with van der Waals surface area (Å²) < 4.78 is 24.7. The van der Waals surface area contributed by atoms with E-state index in [1.54, 1.807) is 0 Å². The summed E-state index contributed by atoms with van der Waals surface area (Å²) in [5, 5.41) is 3.76. The maximum Gasteiger partial charge on any atom is 0.258 e. The van der Waals surface area contributed by atoms with E-state index >= 15 is 0 Å². The molecule has 4 aliphatic rings. The van der Waals surface area contributed by atoms with Crippen LogP contribution in [0.4, 0.5) is 4.39 Å². The second-order valence-corrected chi connectivity index (χ2v) is 9.16. The van der Waals surface area contributed by atoms with Crippen molar-refractivity contribution in [3.63, 3.8) is 0 Å². The Morgan fingerprint density at radius 3 is 2.63 bits per heavy atom. The maximum atomic E-state index is 13.4. The Balaban J connectivity index is 1.13. The maximum absolute atomic E-state index is 13.4. The van der Waals surface area contributed by atoms with Gasteiger partial charge in [0.05, 0.1) is 10.4 Å². The van der Waals surface area contributed by atoms with E-state index in [-0.39, 0.29) is 40.3 Å². The zero-order valence-electron chi connectivity index (χ0n) is 16.0. The highest BCUT2D eigenvalue weighted by atomic mass is 35.5. The Bertz CT molecular complexity index is 1020. The van der Waals surface area contributed by atoms with Gasteiger partial charge in [-0.3, -0.25) is 4.79 Å². The number of carbonyl (C=O) groups excluding carboxylic acids is 1. The van der Waals surface area contributed by atoms with Gasteiger partial charge in [-0.25, -0.2) is 9.38 Å². The lowest BCUT2D eigenvalue weighted by Gasteiger charge is -2.69. The molecule has 2 aromatic rings. The molecule has 3 saturated carbocycles. The fourth-order valence-electron chi connectivity index (χ4n) is 4.71. The number of hydrogen-bond donors (Lipinski definition) is 1. The minimum Gasteiger partial charge on any atom is -0.484 e. The first-order valence-corrected chi connectivity index (χ1v) is 10.5. The van der Waals surface area contributed by atoms with Crippen LogP contribution in [-0.2, 0) is 9.53 Å². The summed E-state index contributed by atoms with van der Waals surface area (Å²) in [4.78, 5) is 17.1. The van der Waals surface area contributed by atoms with Gasteiger partial charge in [0.15, 0.2) is 12.5 Å². The molecule has 8 heteroatoms. The summed E-state index contributed by atoms with van der Waals surface area (Å²) in [5.74, 6) is 0.256. The van der Waals surface area contributed by atoms with Crippen molar-refractivity contribution < 1.29 is 18.7 Å². The van der Waals surface area contributed by atoms with E-state index in [0.717, 1.165) is 36.8 Å². The molecule has 1 amide bonds. The molecule has 5 nitrogen and oxygen atoms in total. The Morgan fingerprint density at radius 2 is 1.93 bits per heavy atom. The highest BCUT2D eigenvalue weighted by Crippen LogP contribution is 2.68. The van der Waals surface area contributed by atoms with Crippen LogP contribution in [0.3, 0.4) is 0 Å². The number of ether oxygens (including phenoxy) is 2. The van der Waals surface area contributed by atoms with Gasteiger partial charge in [-0.1, -0.05) is 35.3 Å². The normalized spacial score (nSPS) is 28.6. The van der Waals surface area contributed by atoms with Crippen molar-refractivity contribution in [3.05, 3.63) is 63.9 Å². The molecule has 1 N–H and O–H groups in total. The molecule has 2 bridgehead atoms. The number of benzene rings is 2. The average molecular weight is 449 g/mol. The lowest BCUT2D eigenvalue weighted by atomic mass is 9.39. The summed E-state index contributed by atoms with van der Waals surface area (Å²) in [5.41, 5.74) is 0.810. The standard InChI is InChI=1S/C22H19Cl2FN2O3/c23-14-3-1-13(2-4-14)18-8-30-20(26-18)21-10-22(11-21,12-21)27-19(28)9-29-15-5-6-16(24)17(25)7-15/h1-7,18H,8-12H2,(H,27,28). The SMILES string of the molecule is O=C(COc1ccc(Cl)c(F)c1)NC12CC(C3=NC(c4ccc(Cl)cc4)CO3)(C1)C2. The predicted molar refractivity (Wildman–Crippen MR) is 112 cm³/mol. The molecule has 0 spiro atoms. The van der Waals surface area contributed by atoms with Crippen molar-refractivity contribution in [2.24, 2.45) is 10.4 Å². The van der Waals surface area contributed by atoms with Gasteiger partial charge in [0, 0.05) is 16.6 Å². The Labute approximate surface area is 183 Å². The van der Waals surface area contributed by atoms with Crippen LogP contribution in [0.15, 0.2) is 47.5 Å².